The third kappa shape index (κ3) is 3.40. The third-order valence-corrected chi connectivity index (χ3v) is 4.13. The summed E-state index contributed by atoms with van der Waals surface area (Å²) in [5.74, 6) is -2.71. The summed E-state index contributed by atoms with van der Waals surface area (Å²) >= 11 is 0. The smallest absolute Gasteiger partial charge is 0.249 e. The van der Waals surface area contributed by atoms with Crippen molar-refractivity contribution in [3.63, 3.8) is 0 Å². The van der Waals surface area contributed by atoms with E-state index in [0.29, 0.717) is 13.0 Å². The summed E-state index contributed by atoms with van der Waals surface area (Å²) in [6, 6.07) is 7.69. The van der Waals surface area contributed by atoms with E-state index in [-0.39, 0.29) is 31.7 Å². The number of aromatic nitrogens is 1. The molecular weight excluding hydrogens is 286 g/mol. The molecule has 5 heteroatoms. The van der Waals surface area contributed by atoms with E-state index in [2.05, 4.69) is 4.98 Å². The SMILES string of the molecule is O=C(Cc1ccc2cnccc2c1)N1CCCC(F)(F)CC1. The van der Waals surface area contributed by atoms with Gasteiger partial charge in [0.15, 0.2) is 0 Å². The van der Waals surface area contributed by atoms with Crippen LogP contribution in [0.4, 0.5) is 8.78 Å². The molecule has 22 heavy (non-hydrogen) atoms. The van der Waals surface area contributed by atoms with Crippen molar-refractivity contribution >= 4 is 16.7 Å². The minimum absolute atomic E-state index is 0.0777. The van der Waals surface area contributed by atoms with E-state index >= 15 is 0 Å². The number of amides is 1. The second-order valence-electron chi connectivity index (χ2n) is 5.82. The number of hydrogen-bond acceptors (Lipinski definition) is 2. The Morgan fingerprint density at radius 1 is 1.18 bits per heavy atom. The zero-order chi connectivity index (χ0) is 15.6. The van der Waals surface area contributed by atoms with E-state index < -0.39 is 5.92 Å². The highest BCUT2D eigenvalue weighted by Crippen LogP contribution is 2.28. The normalized spacial score (nSPS) is 18.2. The van der Waals surface area contributed by atoms with Crippen LogP contribution in [0.5, 0.6) is 0 Å². The first-order chi connectivity index (χ1) is 10.5. The van der Waals surface area contributed by atoms with Gasteiger partial charge in [-0.15, -0.1) is 0 Å². The van der Waals surface area contributed by atoms with Crippen LogP contribution in [0, 0.1) is 0 Å². The van der Waals surface area contributed by atoms with Crippen LogP contribution in [0.1, 0.15) is 24.8 Å². The summed E-state index contributed by atoms with van der Waals surface area (Å²) in [4.78, 5) is 18.0. The quantitative estimate of drug-likeness (QED) is 0.851. The van der Waals surface area contributed by atoms with Gasteiger partial charge in [-0.3, -0.25) is 9.78 Å². The first kappa shape index (κ1) is 14.9. The number of nitrogens with zero attached hydrogens (tertiary/aromatic N) is 2. The van der Waals surface area contributed by atoms with Gasteiger partial charge in [-0.25, -0.2) is 8.78 Å². The largest absolute Gasteiger partial charge is 0.342 e. The van der Waals surface area contributed by atoms with Crippen molar-refractivity contribution in [2.24, 2.45) is 0 Å². The number of fused-ring (bicyclic) bond motifs is 1. The van der Waals surface area contributed by atoms with Crippen LogP contribution in [-0.4, -0.2) is 34.8 Å². The lowest BCUT2D eigenvalue weighted by Gasteiger charge is -2.20. The van der Waals surface area contributed by atoms with Gasteiger partial charge >= 0.3 is 0 Å². The number of carbonyl (C=O) groups excluding carboxylic acids is 1. The molecular formula is C17H18F2N2O. The summed E-state index contributed by atoms with van der Waals surface area (Å²) in [5.41, 5.74) is 0.903. The maximum absolute atomic E-state index is 13.4. The molecule has 1 aromatic heterocycles. The molecule has 3 nitrogen and oxygen atoms in total. The Labute approximate surface area is 127 Å². The number of hydrogen-bond donors (Lipinski definition) is 0. The van der Waals surface area contributed by atoms with Gasteiger partial charge < -0.3 is 4.90 Å². The molecule has 1 saturated heterocycles. The molecule has 0 N–H and O–H groups in total. The van der Waals surface area contributed by atoms with E-state index in [4.69, 9.17) is 0 Å². The fourth-order valence-electron chi connectivity index (χ4n) is 2.84. The van der Waals surface area contributed by atoms with Crippen LogP contribution in [0.3, 0.4) is 0 Å². The summed E-state index contributed by atoms with van der Waals surface area (Å²) < 4.78 is 26.7. The molecule has 116 valence electrons. The fraction of sp³-hybridized carbons (Fsp3) is 0.412. The van der Waals surface area contributed by atoms with Gasteiger partial charge in [0.25, 0.3) is 0 Å². The molecule has 2 aromatic rings. The molecule has 1 aliphatic rings. The monoisotopic (exact) mass is 304 g/mol. The van der Waals surface area contributed by atoms with Crippen molar-refractivity contribution in [2.45, 2.75) is 31.6 Å². The van der Waals surface area contributed by atoms with Gasteiger partial charge in [-0.2, -0.15) is 0 Å². The minimum atomic E-state index is -2.63. The van der Waals surface area contributed by atoms with Gasteiger partial charge in [-0.05, 0) is 23.4 Å². The lowest BCUT2D eigenvalue weighted by molar-refractivity contribution is -0.130. The number of pyridine rings is 1. The van der Waals surface area contributed by atoms with E-state index in [1.807, 2.05) is 24.3 Å². The standard InChI is InChI=1S/C17H18F2N2O/c18-17(19)5-1-8-21(9-6-17)16(22)11-13-2-3-15-12-20-7-4-14(15)10-13/h2-4,7,10,12H,1,5-6,8-9,11H2. The van der Waals surface area contributed by atoms with Crippen LogP contribution in [0.2, 0.25) is 0 Å². The Balaban J connectivity index is 1.70. The Morgan fingerprint density at radius 2 is 2.05 bits per heavy atom. The lowest BCUT2D eigenvalue weighted by atomic mass is 10.1. The van der Waals surface area contributed by atoms with Crippen molar-refractivity contribution < 1.29 is 13.6 Å². The van der Waals surface area contributed by atoms with Crippen LogP contribution < -0.4 is 0 Å². The first-order valence-electron chi connectivity index (χ1n) is 7.52. The molecule has 0 unspecified atom stereocenters. The fourth-order valence-corrected chi connectivity index (χ4v) is 2.84. The molecule has 0 bridgehead atoms. The van der Waals surface area contributed by atoms with Gasteiger partial charge in [0.05, 0.1) is 6.42 Å². The number of rotatable bonds is 2. The van der Waals surface area contributed by atoms with Crippen molar-refractivity contribution in [3.8, 4) is 0 Å². The molecule has 3 rings (SSSR count). The second-order valence-corrected chi connectivity index (χ2v) is 5.82. The van der Waals surface area contributed by atoms with Gasteiger partial charge in [0.2, 0.25) is 11.8 Å². The number of carbonyl (C=O) groups is 1. The molecule has 1 amide bonds. The van der Waals surface area contributed by atoms with E-state index in [9.17, 15) is 13.6 Å². The predicted molar refractivity (Wildman–Crippen MR) is 80.8 cm³/mol. The average molecular weight is 304 g/mol. The van der Waals surface area contributed by atoms with Crippen molar-refractivity contribution in [1.82, 2.24) is 9.88 Å². The topological polar surface area (TPSA) is 33.2 Å². The maximum atomic E-state index is 13.4. The van der Waals surface area contributed by atoms with Crippen LogP contribution in [-0.2, 0) is 11.2 Å². The molecule has 0 spiro atoms. The Hall–Kier alpha value is -2.04. The lowest BCUT2D eigenvalue weighted by Crippen LogP contribution is -2.33. The van der Waals surface area contributed by atoms with Gasteiger partial charge in [0.1, 0.15) is 0 Å². The van der Waals surface area contributed by atoms with Crippen LogP contribution in [0.25, 0.3) is 10.8 Å². The molecule has 1 aliphatic heterocycles. The average Bonchev–Trinajstić information content (AvgIpc) is 2.68. The minimum Gasteiger partial charge on any atom is -0.342 e. The zero-order valence-electron chi connectivity index (χ0n) is 12.3. The second kappa shape index (κ2) is 5.99. The van der Waals surface area contributed by atoms with Crippen LogP contribution in [0.15, 0.2) is 36.7 Å². The maximum Gasteiger partial charge on any atom is 0.249 e. The molecule has 2 heterocycles. The zero-order valence-corrected chi connectivity index (χ0v) is 12.3. The first-order valence-corrected chi connectivity index (χ1v) is 7.52. The summed E-state index contributed by atoms with van der Waals surface area (Å²) in [6.07, 6.45) is 3.75. The molecule has 1 aromatic carbocycles. The molecule has 1 fully saturated rings. The summed E-state index contributed by atoms with van der Waals surface area (Å²) in [7, 11) is 0. The van der Waals surface area contributed by atoms with E-state index in [0.717, 1.165) is 16.3 Å². The highest BCUT2D eigenvalue weighted by Gasteiger charge is 2.32. The Morgan fingerprint density at radius 3 is 2.91 bits per heavy atom. The number of likely N-dealkylation sites (tertiary alicyclic amines) is 1. The number of alkyl halides is 2. The van der Waals surface area contributed by atoms with Crippen molar-refractivity contribution in [1.29, 1.82) is 0 Å². The van der Waals surface area contributed by atoms with Gasteiger partial charge in [-0.1, -0.05) is 18.2 Å². The highest BCUT2D eigenvalue weighted by molar-refractivity contribution is 5.84. The van der Waals surface area contributed by atoms with E-state index in [1.54, 1.807) is 17.3 Å². The third-order valence-electron chi connectivity index (χ3n) is 4.13. The molecule has 0 atom stereocenters. The summed E-state index contributed by atoms with van der Waals surface area (Å²) in [6.45, 7) is 0.565. The molecule has 0 aliphatic carbocycles. The molecule has 0 radical (unpaired) electrons. The summed E-state index contributed by atoms with van der Waals surface area (Å²) in [5, 5.41) is 2.05. The molecule has 0 saturated carbocycles. The highest BCUT2D eigenvalue weighted by atomic mass is 19.3. The van der Waals surface area contributed by atoms with Crippen LogP contribution >= 0.6 is 0 Å². The Bertz CT molecular complexity index is 687. The van der Waals surface area contributed by atoms with E-state index in [1.165, 1.54) is 0 Å². The number of halogens is 2. The van der Waals surface area contributed by atoms with Crippen molar-refractivity contribution in [2.75, 3.05) is 13.1 Å². The van der Waals surface area contributed by atoms with Gasteiger partial charge in [0, 0.05) is 43.7 Å². The number of benzene rings is 1. The Kier molecular flexibility index (Phi) is 4.05. The predicted octanol–water partition coefficient (Wildman–Crippen LogP) is 3.43. The van der Waals surface area contributed by atoms with Crippen molar-refractivity contribution in [3.05, 3.63) is 42.2 Å².